The number of amides is 2. The first kappa shape index (κ1) is 23.3. The van der Waals surface area contributed by atoms with Gasteiger partial charge in [0, 0.05) is 17.8 Å². The molecule has 0 saturated heterocycles. The van der Waals surface area contributed by atoms with Crippen molar-refractivity contribution in [2.45, 2.75) is 13.5 Å². The summed E-state index contributed by atoms with van der Waals surface area (Å²) in [6.45, 7) is 2.09. The van der Waals surface area contributed by atoms with Crippen molar-refractivity contribution in [3.8, 4) is 11.5 Å². The lowest BCUT2D eigenvalue weighted by Crippen LogP contribution is -2.24. The predicted molar refractivity (Wildman–Crippen MR) is 123 cm³/mol. The zero-order valence-corrected chi connectivity index (χ0v) is 18.3. The van der Waals surface area contributed by atoms with E-state index in [0.29, 0.717) is 22.6 Å². The van der Waals surface area contributed by atoms with Crippen LogP contribution in [-0.4, -0.2) is 31.7 Å². The fraction of sp³-hybridized carbons (Fsp3) is 0.160. The van der Waals surface area contributed by atoms with Crippen molar-refractivity contribution in [3.05, 3.63) is 89.5 Å². The lowest BCUT2D eigenvalue weighted by Gasteiger charge is -2.13. The molecule has 2 N–H and O–H groups in total. The Morgan fingerprint density at radius 2 is 1.55 bits per heavy atom. The Labute approximate surface area is 191 Å². The Hall–Kier alpha value is -4.33. The fourth-order valence-corrected chi connectivity index (χ4v) is 3.01. The second-order valence-corrected chi connectivity index (χ2v) is 6.80. The Kier molecular flexibility index (Phi) is 8.02. The van der Waals surface area contributed by atoms with Crippen LogP contribution in [0.25, 0.3) is 0 Å². The summed E-state index contributed by atoms with van der Waals surface area (Å²) in [7, 11) is 1.51. The van der Waals surface area contributed by atoms with Gasteiger partial charge < -0.3 is 24.8 Å². The van der Waals surface area contributed by atoms with Crippen molar-refractivity contribution >= 4 is 23.7 Å². The van der Waals surface area contributed by atoms with Crippen LogP contribution < -0.4 is 20.1 Å². The first-order valence-corrected chi connectivity index (χ1v) is 10.3. The van der Waals surface area contributed by atoms with E-state index in [4.69, 9.17) is 14.2 Å². The fourth-order valence-electron chi connectivity index (χ4n) is 3.01. The van der Waals surface area contributed by atoms with Gasteiger partial charge in [0.2, 0.25) is 0 Å². The number of anilines is 1. The molecular weight excluding hydrogens is 424 g/mol. The van der Waals surface area contributed by atoms with Gasteiger partial charge in [-0.2, -0.15) is 0 Å². The molecule has 8 nitrogen and oxygen atoms in total. The Bertz CT molecular complexity index is 1130. The van der Waals surface area contributed by atoms with E-state index in [9.17, 15) is 14.4 Å². The van der Waals surface area contributed by atoms with Crippen LogP contribution in [0.5, 0.6) is 11.5 Å². The molecule has 0 aliphatic heterocycles. The molecule has 2 amide bonds. The number of benzene rings is 3. The summed E-state index contributed by atoms with van der Waals surface area (Å²) >= 11 is 0. The summed E-state index contributed by atoms with van der Waals surface area (Å²) in [6, 6.07) is 20.2. The second kappa shape index (κ2) is 11.3. The average molecular weight is 448 g/mol. The standard InChI is InChI=1S/C25H24N2O6/c1-3-32-25(30)33-19-14-12-17(13-15-19)23(28)27-21-10-6-4-8-18(21)16-26-24(29)20-9-5-7-11-22(20)31-2/h4-15H,3,16H2,1-2H3,(H,26,29)(H,27,28). The molecule has 0 fully saturated rings. The number of hydrogen-bond acceptors (Lipinski definition) is 6. The molecule has 0 aromatic heterocycles. The zero-order valence-electron chi connectivity index (χ0n) is 18.3. The highest BCUT2D eigenvalue weighted by atomic mass is 16.7. The van der Waals surface area contributed by atoms with E-state index in [1.165, 1.54) is 31.4 Å². The van der Waals surface area contributed by atoms with E-state index in [1.54, 1.807) is 43.3 Å². The van der Waals surface area contributed by atoms with Gasteiger partial charge in [-0.3, -0.25) is 9.59 Å². The van der Waals surface area contributed by atoms with Crippen LogP contribution in [0.1, 0.15) is 33.2 Å². The first-order valence-electron chi connectivity index (χ1n) is 10.3. The van der Waals surface area contributed by atoms with Gasteiger partial charge in [0.1, 0.15) is 11.5 Å². The molecule has 0 aliphatic rings. The van der Waals surface area contributed by atoms with Gasteiger partial charge in [-0.25, -0.2) is 4.79 Å². The van der Waals surface area contributed by atoms with E-state index < -0.39 is 6.16 Å². The Morgan fingerprint density at radius 3 is 2.27 bits per heavy atom. The molecule has 0 saturated carbocycles. The third-order valence-electron chi connectivity index (χ3n) is 4.64. The maximum absolute atomic E-state index is 12.7. The van der Waals surface area contributed by atoms with E-state index >= 15 is 0 Å². The van der Waals surface area contributed by atoms with Crippen molar-refractivity contribution in [1.29, 1.82) is 0 Å². The first-order chi connectivity index (χ1) is 16.0. The monoisotopic (exact) mass is 448 g/mol. The number of carbonyl (C=O) groups is 3. The highest BCUT2D eigenvalue weighted by Crippen LogP contribution is 2.20. The molecule has 3 rings (SSSR count). The van der Waals surface area contributed by atoms with Gasteiger partial charge in [-0.05, 0) is 55.0 Å². The molecule has 0 aliphatic carbocycles. The van der Waals surface area contributed by atoms with E-state index in [0.717, 1.165) is 5.56 Å². The number of para-hydroxylation sites is 2. The highest BCUT2D eigenvalue weighted by molar-refractivity contribution is 6.04. The number of carbonyl (C=O) groups excluding carboxylic acids is 3. The third kappa shape index (κ3) is 6.33. The Morgan fingerprint density at radius 1 is 0.848 bits per heavy atom. The number of methoxy groups -OCH3 is 1. The van der Waals surface area contributed by atoms with Crippen LogP contribution in [0, 0.1) is 0 Å². The van der Waals surface area contributed by atoms with Crippen LogP contribution in [0.4, 0.5) is 10.5 Å². The summed E-state index contributed by atoms with van der Waals surface area (Å²) in [6.07, 6.45) is -0.807. The van der Waals surface area contributed by atoms with Crippen LogP contribution in [0.2, 0.25) is 0 Å². The van der Waals surface area contributed by atoms with E-state index in [2.05, 4.69) is 10.6 Å². The molecule has 0 unspecified atom stereocenters. The maximum Gasteiger partial charge on any atom is 0.513 e. The minimum atomic E-state index is -0.807. The summed E-state index contributed by atoms with van der Waals surface area (Å²) in [5.41, 5.74) is 2.09. The van der Waals surface area contributed by atoms with Gasteiger partial charge in [-0.15, -0.1) is 0 Å². The van der Waals surface area contributed by atoms with Crippen LogP contribution in [0.15, 0.2) is 72.8 Å². The Balaban J connectivity index is 1.65. The normalized spacial score (nSPS) is 10.1. The van der Waals surface area contributed by atoms with Gasteiger partial charge in [0.05, 0.1) is 19.3 Å². The summed E-state index contributed by atoms with van der Waals surface area (Å²) in [5.74, 6) is 0.114. The maximum atomic E-state index is 12.7. The SMILES string of the molecule is CCOC(=O)Oc1ccc(C(=O)Nc2ccccc2CNC(=O)c2ccccc2OC)cc1. The molecule has 0 atom stereocenters. The zero-order chi connectivity index (χ0) is 23.6. The lowest BCUT2D eigenvalue weighted by atomic mass is 10.1. The topological polar surface area (TPSA) is 103 Å². The van der Waals surface area contributed by atoms with Crippen LogP contribution in [-0.2, 0) is 11.3 Å². The smallest absolute Gasteiger partial charge is 0.496 e. The lowest BCUT2D eigenvalue weighted by molar-refractivity contribution is 0.0946. The molecule has 0 radical (unpaired) electrons. The second-order valence-electron chi connectivity index (χ2n) is 6.80. The van der Waals surface area contributed by atoms with Gasteiger partial charge in [0.15, 0.2) is 0 Å². The number of rotatable bonds is 8. The van der Waals surface area contributed by atoms with Crippen LogP contribution >= 0.6 is 0 Å². The van der Waals surface area contributed by atoms with Crippen molar-refractivity contribution in [1.82, 2.24) is 5.32 Å². The van der Waals surface area contributed by atoms with E-state index in [-0.39, 0.29) is 30.7 Å². The number of hydrogen-bond donors (Lipinski definition) is 2. The van der Waals surface area contributed by atoms with Crippen molar-refractivity contribution in [3.63, 3.8) is 0 Å². The molecule has 33 heavy (non-hydrogen) atoms. The van der Waals surface area contributed by atoms with Crippen LogP contribution in [0.3, 0.4) is 0 Å². The quantitative estimate of drug-likeness (QED) is 0.391. The molecular formula is C25H24N2O6. The third-order valence-corrected chi connectivity index (χ3v) is 4.64. The van der Waals surface area contributed by atoms with E-state index in [1.807, 2.05) is 12.1 Å². The molecule has 0 spiro atoms. The predicted octanol–water partition coefficient (Wildman–Crippen LogP) is 4.41. The van der Waals surface area contributed by atoms with Crippen molar-refractivity contribution in [2.24, 2.45) is 0 Å². The minimum absolute atomic E-state index is 0.206. The van der Waals surface area contributed by atoms with Crippen molar-refractivity contribution < 1.29 is 28.6 Å². The largest absolute Gasteiger partial charge is 0.513 e. The summed E-state index contributed by atoms with van der Waals surface area (Å²) < 4.78 is 14.9. The molecule has 0 bridgehead atoms. The van der Waals surface area contributed by atoms with Gasteiger partial charge >= 0.3 is 6.16 Å². The molecule has 8 heteroatoms. The number of nitrogens with one attached hydrogen (secondary N) is 2. The highest BCUT2D eigenvalue weighted by Gasteiger charge is 2.14. The summed E-state index contributed by atoms with van der Waals surface area (Å²) in [4.78, 5) is 36.7. The molecule has 170 valence electrons. The summed E-state index contributed by atoms with van der Waals surface area (Å²) in [5, 5.41) is 5.69. The molecule has 0 heterocycles. The van der Waals surface area contributed by atoms with Gasteiger partial charge in [0.25, 0.3) is 11.8 Å². The minimum Gasteiger partial charge on any atom is -0.496 e. The van der Waals surface area contributed by atoms with Crippen molar-refractivity contribution in [2.75, 3.05) is 19.0 Å². The van der Waals surface area contributed by atoms with Gasteiger partial charge in [-0.1, -0.05) is 30.3 Å². The average Bonchev–Trinajstić information content (AvgIpc) is 2.83. The molecule has 3 aromatic carbocycles. The molecule has 3 aromatic rings. The number of ether oxygens (including phenoxy) is 3.